The van der Waals surface area contributed by atoms with Crippen LogP contribution in [-0.4, -0.2) is 27.4 Å². The average Bonchev–Trinajstić information content (AvgIpc) is 2.96. The summed E-state index contributed by atoms with van der Waals surface area (Å²) in [5, 5.41) is 16.4. The molecule has 0 unspecified atom stereocenters. The highest BCUT2D eigenvalue weighted by molar-refractivity contribution is 5.84. The third kappa shape index (κ3) is 3.71. The number of furan rings is 1. The number of nitrogens with zero attached hydrogens (tertiary/aromatic N) is 2. The van der Waals surface area contributed by atoms with Crippen LogP contribution in [0.3, 0.4) is 0 Å². The maximum atomic E-state index is 10.7. The monoisotopic (exact) mass is 277 g/mol. The SMILES string of the molecule is Cc1cc(C)n(CCCNCc2ccc(C(=O)O)o2)n1. The van der Waals surface area contributed by atoms with E-state index in [0.29, 0.717) is 12.3 Å². The zero-order valence-electron chi connectivity index (χ0n) is 11.7. The highest BCUT2D eigenvalue weighted by Crippen LogP contribution is 2.07. The molecule has 2 N–H and O–H groups in total. The van der Waals surface area contributed by atoms with Crippen LogP contribution in [0.5, 0.6) is 0 Å². The smallest absolute Gasteiger partial charge is 0.371 e. The lowest BCUT2D eigenvalue weighted by Gasteiger charge is -2.05. The van der Waals surface area contributed by atoms with E-state index in [0.717, 1.165) is 25.2 Å². The normalized spacial score (nSPS) is 10.9. The van der Waals surface area contributed by atoms with Crippen LogP contribution in [0, 0.1) is 13.8 Å². The summed E-state index contributed by atoms with van der Waals surface area (Å²) in [5.41, 5.74) is 2.20. The fourth-order valence-corrected chi connectivity index (χ4v) is 2.05. The summed E-state index contributed by atoms with van der Waals surface area (Å²) < 4.78 is 7.15. The van der Waals surface area contributed by atoms with Gasteiger partial charge in [0.05, 0.1) is 12.2 Å². The van der Waals surface area contributed by atoms with E-state index >= 15 is 0 Å². The van der Waals surface area contributed by atoms with Crippen molar-refractivity contribution in [1.82, 2.24) is 15.1 Å². The van der Waals surface area contributed by atoms with Crippen molar-refractivity contribution in [3.63, 3.8) is 0 Å². The van der Waals surface area contributed by atoms with Crippen LogP contribution in [0.25, 0.3) is 0 Å². The summed E-state index contributed by atoms with van der Waals surface area (Å²) >= 11 is 0. The van der Waals surface area contributed by atoms with Crippen LogP contribution in [-0.2, 0) is 13.1 Å². The highest BCUT2D eigenvalue weighted by atomic mass is 16.4. The lowest BCUT2D eigenvalue weighted by atomic mass is 10.3. The largest absolute Gasteiger partial charge is 0.475 e. The quantitative estimate of drug-likeness (QED) is 0.756. The number of aromatic carboxylic acids is 1. The molecule has 2 heterocycles. The topological polar surface area (TPSA) is 80.3 Å². The fourth-order valence-electron chi connectivity index (χ4n) is 2.05. The summed E-state index contributed by atoms with van der Waals surface area (Å²) in [6, 6.07) is 5.20. The molecule has 20 heavy (non-hydrogen) atoms. The fraction of sp³-hybridized carbons (Fsp3) is 0.429. The molecule has 0 saturated carbocycles. The summed E-state index contributed by atoms with van der Waals surface area (Å²) in [7, 11) is 0. The average molecular weight is 277 g/mol. The number of nitrogens with one attached hydrogen (secondary N) is 1. The molecule has 0 bridgehead atoms. The summed E-state index contributed by atoms with van der Waals surface area (Å²) in [6.07, 6.45) is 0.953. The van der Waals surface area contributed by atoms with Gasteiger partial charge in [0.1, 0.15) is 5.76 Å². The molecule has 108 valence electrons. The van der Waals surface area contributed by atoms with Gasteiger partial charge in [-0.1, -0.05) is 0 Å². The predicted octanol–water partition coefficient (Wildman–Crippen LogP) is 1.97. The zero-order chi connectivity index (χ0) is 14.5. The van der Waals surface area contributed by atoms with Crippen molar-refractivity contribution in [1.29, 1.82) is 0 Å². The van der Waals surface area contributed by atoms with Crippen molar-refractivity contribution in [3.8, 4) is 0 Å². The van der Waals surface area contributed by atoms with E-state index in [1.54, 1.807) is 6.07 Å². The Bertz CT molecular complexity index is 586. The van der Waals surface area contributed by atoms with Gasteiger partial charge in [0.2, 0.25) is 5.76 Å². The molecule has 0 spiro atoms. The molecule has 0 atom stereocenters. The van der Waals surface area contributed by atoms with Gasteiger partial charge >= 0.3 is 5.97 Å². The molecule has 6 heteroatoms. The van der Waals surface area contributed by atoms with Crippen molar-refractivity contribution < 1.29 is 14.3 Å². The van der Waals surface area contributed by atoms with Crippen LogP contribution in [0.1, 0.15) is 34.1 Å². The molecular weight excluding hydrogens is 258 g/mol. The lowest BCUT2D eigenvalue weighted by Crippen LogP contribution is -2.16. The van der Waals surface area contributed by atoms with Crippen molar-refractivity contribution in [3.05, 3.63) is 41.1 Å². The first-order valence-corrected chi connectivity index (χ1v) is 6.60. The number of carboxylic acid groups (broad SMARTS) is 1. The molecule has 6 nitrogen and oxygen atoms in total. The second kappa shape index (κ2) is 6.38. The van der Waals surface area contributed by atoms with Gasteiger partial charge in [-0.05, 0) is 45.0 Å². The number of hydrogen-bond acceptors (Lipinski definition) is 4. The molecule has 2 rings (SSSR count). The Hall–Kier alpha value is -2.08. The molecule has 0 radical (unpaired) electrons. The van der Waals surface area contributed by atoms with E-state index in [1.165, 1.54) is 11.8 Å². The molecular formula is C14H19N3O3. The van der Waals surface area contributed by atoms with Crippen LogP contribution in [0.4, 0.5) is 0 Å². The van der Waals surface area contributed by atoms with Gasteiger partial charge < -0.3 is 14.8 Å². The van der Waals surface area contributed by atoms with Gasteiger partial charge in [-0.25, -0.2) is 4.79 Å². The summed E-state index contributed by atoms with van der Waals surface area (Å²) in [4.78, 5) is 10.7. The number of carbonyl (C=O) groups is 1. The second-order valence-electron chi connectivity index (χ2n) is 4.75. The molecule has 0 aliphatic rings. The van der Waals surface area contributed by atoms with Crippen LogP contribution < -0.4 is 5.32 Å². The molecule has 2 aromatic heterocycles. The Labute approximate surface area is 117 Å². The Morgan fingerprint density at radius 1 is 1.45 bits per heavy atom. The minimum atomic E-state index is -1.04. The number of aryl methyl sites for hydroxylation is 3. The first-order chi connectivity index (χ1) is 9.56. The third-order valence-electron chi connectivity index (χ3n) is 3.00. The van der Waals surface area contributed by atoms with Gasteiger partial charge in [0.15, 0.2) is 0 Å². The predicted molar refractivity (Wildman–Crippen MR) is 73.7 cm³/mol. The Morgan fingerprint density at radius 2 is 2.25 bits per heavy atom. The van der Waals surface area contributed by atoms with E-state index in [4.69, 9.17) is 9.52 Å². The van der Waals surface area contributed by atoms with Gasteiger partial charge in [-0.15, -0.1) is 0 Å². The standard InChI is InChI=1S/C14H19N3O3/c1-10-8-11(2)17(16-10)7-3-6-15-9-12-4-5-13(20-12)14(18)19/h4-5,8,15H,3,6-7,9H2,1-2H3,(H,18,19). The molecule has 0 fully saturated rings. The van der Waals surface area contributed by atoms with E-state index in [-0.39, 0.29) is 5.76 Å². The Balaban J connectivity index is 1.68. The van der Waals surface area contributed by atoms with Gasteiger partial charge in [-0.3, -0.25) is 4.68 Å². The van der Waals surface area contributed by atoms with Crippen LogP contribution in [0.2, 0.25) is 0 Å². The molecule has 0 amide bonds. The van der Waals surface area contributed by atoms with Crippen molar-refractivity contribution in [2.24, 2.45) is 0 Å². The van der Waals surface area contributed by atoms with Crippen LogP contribution >= 0.6 is 0 Å². The molecule has 0 aliphatic heterocycles. The maximum Gasteiger partial charge on any atom is 0.371 e. The number of rotatable bonds is 7. The lowest BCUT2D eigenvalue weighted by molar-refractivity contribution is 0.0660. The first-order valence-electron chi connectivity index (χ1n) is 6.60. The van der Waals surface area contributed by atoms with Gasteiger partial charge in [0, 0.05) is 12.2 Å². The summed E-state index contributed by atoms with van der Waals surface area (Å²) in [5.74, 6) is -0.432. The number of hydrogen-bond donors (Lipinski definition) is 2. The highest BCUT2D eigenvalue weighted by Gasteiger charge is 2.08. The summed E-state index contributed by atoms with van der Waals surface area (Å²) in [6.45, 7) is 6.25. The molecule has 0 aromatic carbocycles. The van der Waals surface area contributed by atoms with Crippen molar-refractivity contribution in [2.75, 3.05) is 6.54 Å². The number of carboxylic acids is 1. The van der Waals surface area contributed by atoms with Crippen molar-refractivity contribution >= 4 is 5.97 Å². The van der Waals surface area contributed by atoms with Gasteiger partial charge in [-0.2, -0.15) is 5.10 Å². The second-order valence-corrected chi connectivity index (χ2v) is 4.75. The molecule has 0 aliphatic carbocycles. The number of aromatic nitrogens is 2. The maximum absolute atomic E-state index is 10.7. The Kier molecular flexibility index (Phi) is 4.57. The van der Waals surface area contributed by atoms with E-state index in [2.05, 4.69) is 16.5 Å². The minimum absolute atomic E-state index is 0.0237. The zero-order valence-corrected chi connectivity index (χ0v) is 11.7. The van der Waals surface area contributed by atoms with E-state index in [9.17, 15) is 4.79 Å². The minimum Gasteiger partial charge on any atom is -0.475 e. The van der Waals surface area contributed by atoms with E-state index < -0.39 is 5.97 Å². The van der Waals surface area contributed by atoms with Crippen molar-refractivity contribution in [2.45, 2.75) is 33.4 Å². The molecule has 2 aromatic rings. The Morgan fingerprint density at radius 3 is 2.85 bits per heavy atom. The molecule has 0 saturated heterocycles. The van der Waals surface area contributed by atoms with Gasteiger partial charge in [0.25, 0.3) is 0 Å². The van der Waals surface area contributed by atoms with Crippen LogP contribution in [0.15, 0.2) is 22.6 Å². The first kappa shape index (κ1) is 14.3. The van der Waals surface area contributed by atoms with E-state index in [1.807, 2.05) is 18.5 Å². The third-order valence-corrected chi connectivity index (χ3v) is 3.00.